The summed E-state index contributed by atoms with van der Waals surface area (Å²) in [6.07, 6.45) is 5.27. The number of carbonyl (C=O) groups is 2. The van der Waals surface area contributed by atoms with Gasteiger partial charge in [-0.05, 0) is 137 Å². The smallest absolute Gasteiger partial charge is 0.444 e. The molecule has 0 radical (unpaired) electrons. The molecule has 3 aliphatic heterocycles. The summed E-state index contributed by atoms with van der Waals surface area (Å²) in [6.45, 7) is 22.0. The van der Waals surface area contributed by atoms with E-state index in [9.17, 15) is 18.4 Å². The zero-order valence-corrected chi connectivity index (χ0v) is 34.1. The van der Waals surface area contributed by atoms with E-state index in [-0.39, 0.29) is 42.1 Å². The predicted octanol–water partition coefficient (Wildman–Crippen LogP) is 10.4. The molecular formula is C40H56BBrF2N2O6. The maximum Gasteiger partial charge on any atom is 0.487 e. The van der Waals surface area contributed by atoms with Crippen molar-refractivity contribution in [3.8, 4) is 0 Å². The van der Waals surface area contributed by atoms with Crippen LogP contribution in [-0.4, -0.2) is 77.7 Å². The third-order valence-corrected chi connectivity index (χ3v) is 9.16. The molecular weight excluding hydrogens is 733 g/mol. The Balaban J connectivity index is 0.000000232. The van der Waals surface area contributed by atoms with E-state index >= 15 is 0 Å². The number of hydrogen-bond donors (Lipinski definition) is 0. The molecule has 52 heavy (non-hydrogen) atoms. The Labute approximate surface area is 318 Å². The van der Waals surface area contributed by atoms with Crippen LogP contribution < -0.4 is 0 Å². The van der Waals surface area contributed by atoms with Crippen molar-refractivity contribution in [1.29, 1.82) is 0 Å². The second kappa shape index (κ2) is 18.2. The van der Waals surface area contributed by atoms with Gasteiger partial charge >= 0.3 is 19.3 Å². The van der Waals surface area contributed by atoms with Crippen molar-refractivity contribution in [3.05, 3.63) is 87.3 Å². The van der Waals surface area contributed by atoms with E-state index < -0.39 is 11.2 Å². The van der Waals surface area contributed by atoms with E-state index in [0.717, 1.165) is 48.8 Å². The first-order valence-corrected chi connectivity index (χ1v) is 18.7. The van der Waals surface area contributed by atoms with Crippen molar-refractivity contribution >= 4 is 41.3 Å². The van der Waals surface area contributed by atoms with Crippen LogP contribution in [0.1, 0.15) is 100 Å². The molecule has 3 saturated heterocycles. The minimum absolute atomic E-state index is 0.201. The van der Waals surface area contributed by atoms with Gasteiger partial charge < -0.3 is 28.6 Å². The fourth-order valence-corrected chi connectivity index (χ4v) is 5.66. The number of carbonyl (C=O) groups excluding carboxylic acids is 2. The first-order valence-electron chi connectivity index (χ1n) is 17.9. The van der Waals surface area contributed by atoms with Crippen LogP contribution in [0.3, 0.4) is 0 Å². The van der Waals surface area contributed by atoms with E-state index in [1.54, 1.807) is 34.1 Å². The van der Waals surface area contributed by atoms with Gasteiger partial charge in [0.15, 0.2) is 0 Å². The summed E-state index contributed by atoms with van der Waals surface area (Å²) in [5.74, 6) is 1.58. The van der Waals surface area contributed by atoms with Crippen molar-refractivity contribution in [2.45, 2.75) is 117 Å². The van der Waals surface area contributed by atoms with E-state index in [2.05, 4.69) is 15.9 Å². The van der Waals surface area contributed by atoms with E-state index in [1.807, 2.05) is 81.3 Å². The number of nitrogens with zero attached hydrogens (tertiary/aromatic N) is 2. The second-order valence-corrected chi connectivity index (χ2v) is 17.2. The Morgan fingerprint density at radius 2 is 1.13 bits per heavy atom. The molecule has 0 aliphatic carbocycles. The van der Waals surface area contributed by atoms with Crippen LogP contribution >= 0.6 is 15.9 Å². The molecule has 2 aromatic rings. The number of hydrogen-bond acceptors (Lipinski definition) is 6. The van der Waals surface area contributed by atoms with Crippen molar-refractivity contribution in [2.24, 2.45) is 0 Å². The Morgan fingerprint density at radius 3 is 1.56 bits per heavy atom. The molecule has 12 heteroatoms. The molecule has 0 bridgehead atoms. The maximum atomic E-state index is 12.9. The van der Waals surface area contributed by atoms with Crippen LogP contribution in [0.2, 0.25) is 0 Å². The lowest BCUT2D eigenvalue weighted by molar-refractivity contribution is 0.00578. The highest BCUT2D eigenvalue weighted by Crippen LogP contribution is 2.37. The van der Waals surface area contributed by atoms with E-state index in [1.165, 1.54) is 35.4 Å². The predicted molar refractivity (Wildman–Crippen MR) is 207 cm³/mol. The summed E-state index contributed by atoms with van der Waals surface area (Å²) < 4.78 is 48.7. The Kier molecular flexibility index (Phi) is 15.1. The highest BCUT2D eigenvalue weighted by Gasteiger charge is 2.50. The highest BCUT2D eigenvalue weighted by molar-refractivity contribution is 9.10. The zero-order chi connectivity index (χ0) is 38.9. The van der Waals surface area contributed by atoms with Gasteiger partial charge in [-0.25, -0.2) is 18.4 Å². The lowest BCUT2D eigenvalue weighted by atomic mass is 9.85. The second-order valence-electron chi connectivity index (χ2n) is 16.3. The lowest BCUT2D eigenvalue weighted by Crippen LogP contribution is -2.41. The molecule has 0 spiro atoms. The number of piperidine rings is 2. The summed E-state index contributed by atoms with van der Waals surface area (Å²) in [5.41, 5.74) is 1.67. The van der Waals surface area contributed by atoms with Crippen molar-refractivity contribution in [1.82, 2.24) is 9.80 Å². The maximum absolute atomic E-state index is 12.9. The third kappa shape index (κ3) is 14.7. The van der Waals surface area contributed by atoms with Crippen LogP contribution in [0, 0.1) is 11.6 Å². The molecule has 0 aromatic heterocycles. The minimum atomic E-state index is -0.477. The summed E-state index contributed by atoms with van der Waals surface area (Å²) in [5, 5.41) is 0. The number of rotatable bonds is 2. The van der Waals surface area contributed by atoms with Crippen molar-refractivity contribution in [2.75, 3.05) is 26.2 Å². The number of likely N-dealkylation sites (tertiary alicyclic amines) is 2. The monoisotopic (exact) mass is 788 g/mol. The van der Waals surface area contributed by atoms with E-state index in [0.29, 0.717) is 13.1 Å². The number of ether oxygens (including phenoxy) is 2. The average molecular weight is 790 g/mol. The SMILES string of the molecule is CC(C)(C)OC(=O)N1CCC/C(=C\B2OC(C)(C)C(C)(C)O2)C1.CC(C)(C)OC(=O)N1CCC/C(=C\c2ccc(F)cc2)C1.Fc1ccc(Br)cc1. The highest BCUT2D eigenvalue weighted by atomic mass is 79.9. The molecule has 3 heterocycles. The molecule has 3 fully saturated rings. The fourth-order valence-electron chi connectivity index (χ4n) is 5.39. The average Bonchev–Trinajstić information content (AvgIpc) is 3.23. The number of amides is 2. The first-order chi connectivity index (χ1) is 24.0. The van der Waals surface area contributed by atoms with Gasteiger partial charge in [0, 0.05) is 30.7 Å². The van der Waals surface area contributed by atoms with Gasteiger partial charge in [0.1, 0.15) is 22.8 Å². The van der Waals surface area contributed by atoms with Crippen molar-refractivity contribution in [3.63, 3.8) is 0 Å². The molecule has 0 unspecified atom stereocenters. The van der Waals surface area contributed by atoms with Gasteiger partial charge in [0.2, 0.25) is 0 Å². The molecule has 0 saturated carbocycles. The Hall–Kier alpha value is -3.22. The Morgan fingerprint density at radius 1 is 0.731 bits per heavy atom. The van der Waals surface area contributed by atoms with Crippen LogP contribution in [0.5, 0.6) is 0 Å². The molecule has 2 amide bonds. The topological polar surface area (TPSA) is 77.5 Å². The molecule has 0 atom stereocenters. The van der Waals surface area contributed by atoms with Crippen LogP contribution in [0.25, 0.3) is 6.08 Å². The minimum Gasteiger partial charge on any atom is -0.444 e. The Bertz CT molecular complexity index is 1510. The van der Waals surface area contributed by atoms with Crippen LogP contribution in [0.4, 0.5) is 18.4 Å². The quantitative estimate of drug-likeness (QED) is 0.282. The van der Waals surface area contributed by atoms with Gasteiger partial charge in [-0.2, -0.15) is 0 Å². The number of halogens is 3. The third-order valence-electron chi connectivity index (χ3n) is 8.63. The fraction of sp³-hybridized carbons (Fsp3) is 0.550. The van der Waals surface area contributed by atoms with E-state index in [4.69, 9.17) is 18.8 Å². The summed E-state index contributed by atoms with van der Waals surface area (Å²) in [7, 11) is -0.353. The van der Waals surface area contributed by atoms with Gasteiger partial charge in [0.25, 0.3) is 0 Å². The molecule has 3 aliphatic rings. The van der Waals surface area contributed by atoms with Crippen molar-refractivity contribution < 1.29 is 37.2 Å². The summed E-state index contributed by atoms with van der Waals surface area (Å²) >= 11 is 3.18. The van der Waals surface area contributed by atoms with Gasteiger partial charge in [0.05, 0.1) is 11.2 Å². The van der Waals surface area contributed by atoms with Gasteiger partial charge in [-0.1, -0.05) is 51.3 Å². The van der Waals surface area contributed by atoms with Gasteiger partial charge in [-0.15, -0.1) is 0 Å². The molecule has 0 N–H and O–H groups in total. The standard InChI is InChI=1S/C17H30BNO4.C17H22FNO2.C6H4BrF/c1-15(2,3)21-14(20)19-10-8-9-13(12-19)11-18-22-16(4,5)17(6,7)23-18;1-17(2,3)21-16(20)19-10-4-5-14(12-19)11-13-6-8-15(18)9-7-13;7-5-1-3-6(8)4-2-5/h11H,8-10,12H2,1-7H3;6-9,11H,4-5,10,12H2,1-3H3;1-4H/b13-11+;14-11+;. The molecule has 5 rings (SSSR count). The summed E-state index contributed by atoms with van der Waals surface area (Å²) in [6, 6.07) is 12.5. The zero-order valence-electron chi connectivity index (χ0n) is 32.5. The van der Waals surface area contributed by atoms with Crippen LogP contribution in [-0.2, 0) is 18.8 Å². The summed E-state index contributed by atoms with van der Waals surface area (Å²) in [4.78, 5) is 27.8. The molecule has 2 aromatic carbocycles. The number of benzene rings is 2. The molecule has 8 nitrogen and oxygen atoms in total. The molecule has 286 valence electrons. The normalized spacial score (nSPS) is 20.1. The van der Waals surface area contributed by atoms with Gasteiger partial charge in [-0.3, -0.25) is 0 Å². The van der Waals surface area contributed by atoms with Crippen LogP contribution in [0.15, 0.2) is 70.1 Å². The largest absolute Gasteiger partial charge is 0.487 e. The first kappa shape index (κ1) is 43.2. The lowest BCUT2D eigenvalue weighted by Gasteiger charge is -2.32.